The fourth-order valence-electron chi connectivity index (χ4n) is 8.96. The molecule has 0 spiro atoms. The molecule has 1 aliphatic rings. The maximum absolute atomic E-state index is 13.0. The van der Waals surface area contributed by atoms with Gasteiger partial charge in [-0.25, -0.2) is 0 Å². The summed E-state index contributed by atoms with van der Waals surface area (Å²) in [6, 6.07) is -0.810. The molecule has 68 heavy (non-hydrogen) atoms. The van der Waals surface area contributed by atoms with Crippen LogP contribution in [0.1, 0.15) is 264 Å². The Balaban J connectivity index is 2.04. The second-order valence-electron chi connectivity index (χ2n) is 20.0. The lowest BCUT2D eigenvalue weighted by Gasteiger charge is -2.40. The van der Waals surface area contributed by atoms with Crippen molar-refractivity contribution in [3.05, 3.63) is 24.3 Å². The monoisotopic (exact) mass is 966 g/mol. The van der Waals surface area contributed by atoms with Gasteiger partial charge >= 0.3 is 5.97 Å². The molecule has 11 nitrogen and oxygen atoms in total. The van der Waals surface area contributed by atoms with Crippen LogP contribution in [0, 0.1) is 0 Å². The van der Waals surface area contributed by atoms with E-state index in [0.29, 0.717) is 19.4 Å². The highest BCUT2D eigenvalue weighted by Crippen LogP contribution is 2.23. The first-order valence-electron chi connectivity index (χ1n) is 28.6. The Morgan fingerprint density at radius 3 is 1.44 bits per heavy atom. The molecule has 7 unspecified atom stereocenters. The second-order valence-corrected chi connectivity index (χ2v) is 20.0. The van der Waals surface area contributed by atoms with Crippen molar-refractivity contribution < 1.29 is 49.3 Å². The number of unbranched alkanes of at least 4 members (excludes halogenated alkanes) is 33. The van der Waals surface area contributed by atoms with Crippen LogP contribution in [0.3, 0.4) is 0 Å². The van der Waals surface area contributed by atoms with Gasteiger partial charge in [0.15, 0.2) is 6.29 Å². The van der Waals surface area contributed by atoms with E-state index in [-0.39, 0.29) is 18.5 Å². The molecule has 0 saturated carbocycles. The Morgan fingerprint density at radius 2 is 0.941 bits per heavy atom. The molecule has 1 fully saturated rings. The lowest BCUT2D eigenvalue weighted by molar-refractivity contribution is -0.302. The SMILES string of the molecule is CCCCC/C=C\CCCCCCCC(=O)OCCCCCCCCCCCCCCCCCCCCCC(=O)NC(COC1OC(CO)C(O)C(O)C1O)C(O)/C=C/CCCCCCCCC. The highest BCUT2D eigenvalue weighted by molar-refractivity contribution is 5.76. The number of hydrogen-bond acceptors (Lipinski definition) is 10. The molecule has 1 rings (SSSR count). The van der Waals surface area contributed by atoms with Crippen molar-refractivity contribution in [2.75, 3.05) is 19.8 Å². The van der Waals surface area contributed by atoms with Crippen molar-refractivity contribution in [3.8, 4) is 0 Å². The maximum atomic E-state index is 13.0. The Labute approximate surface area is 416 Å². The molecule has 1 aliphatic heterocycles. The zero-order valence-electron chi connectivity index (χ0n) is 43.8. The van der Waals surface area contributed by atoms with Gasteiger partial charge < -0.3 is 45.1 Å². The number of aliphatic hydroxyl groups is 5. The molecule has 0 bridgehead atoms. The molecule has 0 aromatic rings. The topological polar surface area (TPSA) is 175 Å². The van der Waals surface area contributed by atoms with E-state index >= 15 is 0 Å². The van der Waals surface area contributed by atoms with Crippen molar-refractivity contribution in [1.82, 2.24) is 5.32 Å². The lowest BCUT2D eigenvalue weighted by atomic mass is 9.99. The number of ether oxygens (including phenoxy) is 3. The summed E-state index contributed by atoms with van der Waals surface area (Å²) >= 11 is 0. The minimum absolute atomic E-state index is 0.0161. The summed E-state index contributed by atoms with van der Waals surface area (Å²) in [5.74, 6) is -0.203. The molecule has 1 heterocycles. The van der Waals surface area contributed by atoms with Crippen molar-refractivity contribution >= 4 is 11.9 Å². The Bertz CT molecular complexity index is 1180. The van der Waals surface area contributed by atoms with E-state index in [1.807, 2.05) is 6.08 Å². The summed E-state index contributed by atoms with van der Waals surface area (Å²) in [6.45, 7) is 4.28. The Kier molecular flexibility index (Phi) is 44.8. The predicted molar refractivity (Wildman–Crippen MR) is 278 cm³/mol. The van der Waals surface area contributed by atoms with Crippen LogP contribution in [0.2, 0.25) is 0 Å². The smallest absolute Gasteiger partial charge is 0.305 e. The third-order valence-electron chi connectivity index (χ3n) is 13.6. The molecule has 11 heteroatoms. The average Bonchev–Trinajstić information content (AvgIpc) is 3.33. The number of amides is 1. The zero-order valence-corrected chi connectivity index (χ0v) is 43.8. The maximum Gasteiger partial charge on any atom is 0.305 e. The van der Waals surface area contributed by atoms with Gasteiger partial charge in [-0.15, -0.1) is 0 Å². The first-order chi connectivity index (χ1) is 33.2. The van der Waals surface area contributed by atoms with Gasteiger partial charge in [0.05, 0.1) is 32.0 Å². The highest BCUT2D eigenvalue weighted by Gasteiger charge is 2.44. The van der Waals surface area contributed by atoms with Crippen LogP contribution in [0.5, 0.6) is 0 Å². The van der Waals surface area contributed by atoms with Crippen LogP contribution >= 0.6 is 0 Å². The number of aliphatic hydroxyl groups excluding tert-OH is 5. The number of nitrogens with one attached hydrogen (secondary N) is 1. The molecular weight excluding hydrogens is 859 g/mol. The molecule has 7 atom stereocenters. The Morgan fingerprint density at radius 1 is 0.529 bits per heavy atom. The van der Waals surface area contributed by atoms with Gasteiger partial charge in [0.2, 0.25) is 5.91 Å². The molecule has 6 N–H and O–H groups in total. The van der Waals surface area contributed by atoms with E-state index in [1.54, 1.807) is 6.08 Å². The van der Waals surface area contributed by atoms with Crippen molar-refractivity contribution in [2.45, 2.75) is 307 Å². The molecule has 1 saturated heterocycles. The number of esters is 1. The van der Waals surface area contributed by atoms with Crippen molar-refractivity contribution in [2.24, 2.45) is 0 Å². The summed E-state index contributed by atoms with van der Waals surface area (Å²) in [7, 11) is 0. The standard InChI is InChI=1S/C57H107NO10/c1-3-5-7-9-11-13-14-25-29-33-37-41-45-53(62)66-46-42-38-34-30-26-23-21-19-17-15-16-18-20-22-24-28-32-36-40-44-52(61)58-49(50(60)43-39-35-31-27-12-10-8-6-4-2)48-67-57-56(65)55(64)54(63)51(47-59)68-57/h11,13,39,43,49-51,54-57,59-60,63-65H,3-10,12,14-38,40-42,44-48H2,1-2H3,(H,58,61)/b13-11-,43-39+. The lowest BCUT2D eigenvalue weighted by Crippen LogP contribution is -2.60. The van der Waals surface area contributed by atoms with E-state index in [4.69, 9.17) is 14.2 Å². The van der Waals surface area contributed by atoms with Gasteiger partial charge in [0.25, 0.3) is 0 Å². The largest absolute Gasteiger partial charge is 0.466 e. The first-order valence-corrected chi connectivity index (χ1v) is 28.6. The van der Waals surface area contributed by atoms with Crippen LogP contribution in [0.15, 0.2) is 24.3 Å². The molecule has 1 amide bonds. The molecule has 400 valence electrons. The van der Waals surface area contributed by atoms with Crippen LogP contribution in [0.4, 0.5) is 0 Å². The van der Waals surface area contributed by atoms with E-state index in [1.165, 1.54) is 173 Å². The number of allylic oxidation sites excluding steroid dienone is 3. The Hall–Kier alpha value is -1.86. The summed E-state index contributed by atoms with van der Waals surface area (Å²) in [5.41, 5.74) is 0. The summed E-state index contributed by atoms with van der Waals surface area (Å²) in [6.07, 6.45) is 45.6. The minimum Gasteiger partial charge on any atom is -0.466 e. The van der Waals surface area contributed by atoms with Gasteiger partial charge in [0.1, 0.15) is 24.4 Å². The van der Waals surface area contributed by atoms with Crippen LogP contribution in [0.25, 0.3) is 0 Å². The van der Waals surface area contributed by atoms with Gasteiger partial charge in [-0.2, -0.15) is 0 Å². The van der Waals surface area contributed by atoms with E-state index < -0.39 is 49.5 Å². The molecule has 0 aromatic heterocycles. The van der Waals surface area contributed by atoms with E-state index in [0.717, 1.165) is 64.2 Å². The van der Waals surface area contributed by atoms with Crippen molar-refractivity contribution in [1.29, 1.82) is 0 Å². The minimum atomic E-state index is -1.57. The fraction of sp³-hybridized carbons (Fsp3) is 0.895. The van der Waals surface area contributed by atoms with E-state index in [2.05, 4.69) is 31.3 Å². The highest BCUT2D eigenvalue weighted by atomic mass is 16.7. The van der Waals surface area contributed by atoms with E-state index in [9.17, 15) is 35.1 Å². The summed E-state index contributed by atoms with van der Waals surface area (Å²) < 4.78 is 16.7. The summed E-state index contributed by atoms with van der Waals surface area (Å²) in [4.78, 5) is 25.0. The predicted octanol–water partition coefficient (Wildman–Crippen LogP) is 12.6. The third-order valence-corrected chi connectivity index (χ3v) is 13.6. The van der Waals surface area contributed by atoms with Gasteiger partial charge in [-0.1, -0.05) is 218 Å². The normalized spacial score (nSPS) is 19.5. The third kappa shape index (κ3) is 37.0. The molecule has 0 radical (unpaired) electrons. The van der Waals surface area contributed by atoms with Crippen molar-refractivity contribution in [3.63, 3.8) is 0 Å². The fourth-order valence-corrected chi connectivity index (χ4v) is 8.96. The van der Waals surface area contributed by atoms with Crippen LogP contribution in [-0.4, -0.2) is 100 Å². The molecule has 0 aromatic carbocycles. The van der Waals surface area contributed by atoms with Crippen LogP contribution in [-0.2, 0) is 23.8 Å². The van der Waals surface area contributed by atoms with Crippen LogP contribution < -0.4 is 5.32 Å². The average molecular weight is 966 g/mol. The first kappa shape index (κ1) is 64.2. The van der Waals surface area contributed by atoms with Gasteiger partial charge in [0, 0.05) is 12.8 Å². The number of hydrogen-bond donors (Lipinski definition) is 6. The second kappa shape index (κ2) is 47.5. The number of carbonyl (C=O) groups is 2. The molecule has 0 aliphatic carbocycles. The zero-order chi connectivity index (χ0) is 49.6. The van der Waals surface area contributed by atoms with Gasteiger partial charge in [-0.3, -0.25) is 9.59 Å². The number of rotatable bonds is 49. The number of carbonyl (C=O) groups excluding carboxylic acids is 2. The quantitative estimate of drug-likeness (QED) is 0.0196. The molecular formula is C57H107NO10. The van der Waals surface area contributed by atoms with Gasteiger partial charge in [-0.05, 0) is 57.8 Å². The summed E-state index contributed by atoms with van der Waals surface area (Å²) in [5, 5.41) is 54.2.